The van der Waals surface area contributed by atoms with Gasteiger partial charge in [0.2, 0.25) is 0 Å². The SMILES string of the molecule is CCCOc1ccc(C(=O)CC[N+](C)(C)C)cc1. The Balaban J connectivity index is 2.54. The number of rotatable bonds is 7. The number of hydrogen-bond donors (Lipinski definition) is 0. The van der Waals surface area contributed by atoms with E-state index in [9.17, 15) is 4.79 Å². The smallest absolute Gasteiger partial charge is 0.168 e. The number of ketones is 1. The van der Waals surface area contributed by atoms with Crippen LogP contribution in [0.25, 0.3) is 0 Å². The average molecular weight is 250 g/mol. The Kier molecular flexibility index (Phi) is 5.35. The number of hydrogen-bond acceptors (Lipinski definition) is 2. The van der Waals surface area contributed by atoms with Crippen LogP contribution in [0.2, 0.25) is 0 Å². The summed E-state index contributed by atoms with van der Waals surface area (Å²) >= 11 is 0. The molecule has 0 heterocycles. The van der Waals surface area contributed by atoms with E-state index in [2.05, 4.69) is 28.1 Å². The highest BCUT2D eigenvalue weighted by Gasteiger charge is 2.12. The molecule has 0 fully saturated rings. The Hall–Kier alpha value is -1.35. The van der Waals surface area contributed by atoms with Crippen LogP contribution in [0.15, 0.2) is 24.3 Å². The molecule has 0 amide bonds. The van der Waals surface area contributed by atoms with E-state index >= 15 is 0 Å². The van der Waals surface area contributed by atoms with Crippen molar-refractivity contribution >= 4 is 5.78 Å². The maximum absolute atomic E-state index is 12.0. The number of carbonyl (C=O) groups excluding carboxylic acids is 1. The van der Waals surface area contributed by atoms with Crippen LogP contribution in [0.4, 0.5) is 0 Å². The standard InChI is InChI=1S/C15H24NO2/c1-5-12-18-14-8-6-13(7-9-14)15(17)10-11-16(2,3)4/h6-9H,5,10-12H2,1-4H3/q+1. The molecule has 0 saturated heterocycles. The van der Waals surface area contributed by atoms with Gasteiger partial charge in [0, 0.05) is 5.56 Å². The summed E-state index contributed by atoms with van der Waals surface area (Å²) in [5.41, 5.74) is 0.771. The molecule has 0 spiro atoms. The molecule has 1 aromatic carbocycles. The predicted molar refractivity (Wildman–Crippen MR) is 74.1 cm³/mol. The molecular weight excluding hydrogens is 226 g/mol. The minimum Gasteiger partial charge on any atom is -0.494 e. The third-order valence-electron chi connectivity index (χ3n) is 2.66. The Bertz CT molecular complexity index is 376. The summed E-state index contributed by atoms with van der Waals surface area (Å²) < 4.78 is 6.30. The normalized spacial score (nSPS) is 11.3. The highest BCUT2D eigenvalue weighted by atomic mass is 16.5. The van der Waals surface area contributed by atoms with Crippen molar-refractivity contribution in [1.82, 2.24) is 0 Å². The number of ether oxygens (including phenoxy) is 1. The van der Waals surface area contributed by atoms with Gasteiger partial charge in [-0.3, -0.25) is 4.79 Å². The summed E-state index contributed by atoms with van der Waals surface area (Å²) in [7, 11) is 6.28. The second-order valence-electron chi connectivity index (χ2n) is 5.56. The van der Waals surface area contributed by atoms with Gasteiger partial charge in [-0.2, -0.15) is 0 Å². The predicted octanol–water partition coefficient (Wildman–Crippen LogP) is 2.75. The molecule has 3 nitrogen and oxygen atoms in total. The number of nitrogens with zero attached hydrogens (tertiary/aromatic N) is 1. The van der Waals surface area contributed by atoms with Gasteiger partial charge in [-0.25, -0.2) is 0 Å². The largest absolute Gasteiger partial charge is 0.494 e. The lowest BCUT2D eigenvalue weighted by Gasteiger charge is -2.23. The summed E-state index contributed by atoms with van der Waals surface area (Å²) in [5.74, 6) is 1.03. The number of Topliss-reactive ketones (excluding diaryl/α,β-unsaturated/α-hetero) is 1. The van der Waals surface area contributed by atoms with Gasteiger partial charge in [-0.05, 0) is 30.7 Å². The van der Waals surface area contributed by atoms with Crippen molar-refractivity contribution in [3.8, 4) is 5.75 Å². The first-order valence-electron chi connectivity index (χ1n) is 6.49. The number of carbonyl (C=O) groups is 1. The van der Waals surface area contributed by atoms with Crippen molar-refractivity contribution in [3.63, 3.8) is 0 Å². The molecule has 0 aliphatic rings. The highest BCUT2D eigenvalue weighted by molar-refractivity contribution is 5.96. The monoisotopic (exact) mass is 250 g/mol. The van der Waals surface area contributed by atoms with Gasteiger partial charge in [0.1, 0.15) is 5.75 Å². The third-order valence-corrected chi connectivity index (χ3v) is 2.66. The van der Waals surface area contributed by atoms with E-state index in [4.69, 9.17) is 4.74 Å². The van der Waals surface area contributed by atoms with E-state index in [1.807, 2.05) is 24.3 Å². The molecule has 18 heavy (non-hydrogen) atoms. The number of quaternary nitrogens is 1. The molecule has 3 heteroatoms. The van der Waals surface area contributed by atoms with Gasteiger partial charge in [-0.15, -0.1) is 0 Å². The summed E-state index contributed by atoms with van der Waals surface area (Å²) in [5, 5.41) is 0. The zero-order chi connectivity index (χ0) is 13.6. The summed E-state index contributed by atoms with van der Waals surface area (Å²) in [6.45, 7) is 3.64. The van der Waals surface area contributed by atoms with Crippen molar-refractivity contribution in [2.75, 3.05) is 34.3 Å². The van der Waals surface area contributed by atoms with Crippen molar-refractivity contribution in [2.24, 2.45) is 0 Å². The van der Waals surface area contributed by atoms with Gasteiger partial charge >= 0.3 is 0 Å². The fraction of sp³-hybridized carbons (Fsp3) is 0.533. The van der Waals surface area contributed by atoms with E-state index in [-0.39, 0.29) is 5.78 Å². The molecule has 0 aliphatic heterocycles. The highest BCUT2D eigenvalue weighted by Crippen LogP contribution is 2.14. The molecule has 0 aromatic heterocycles. The zero-order valence-electron chi connectivity index (χ0n) is 11.9. The van der Waals surface area contributed by atoms with E-state index < -0.39 is 0 Å². The minimum atomic E-state index is 0.199. The molecule has 1 aromatic rings. The van der Waals surface area contributed by atoms with Crippen LogP contribution in [0.3, 0.4) is 0 Å². The molecule has 0 bridgehead atoms. The Morgan fingerprint density at radius 3 is 2.28 bits per heavy atom. The fourth-order valence-corrected chi connectivity index (χ4v) is 1.54. The van der Waals surface area contributed by atoms with Crippen LogP contribution in [0, 0.1) is 0 Å². The van der Waals surface area contributed by atoms with Crippen molar-refractivity contribution < 1.29 is 14.0 Å². The van der Waals surface area contributed by atoms with Crippen LogP contribution in [-0.2, 0) is 0 Å². The van der Waals surface area contributed by atoms with Crippen molar-refractivity contribution in [3.05, 3.63) is 29.8 Å². The third kappa shape index (κ3) is 5.32. The first-order chi connectivity index (χ1) is 8.42. The second kappa shape index (κ2) is 6.55. The van der Waals surface area contributed by atoms with Crippen LogP contribution in [0.5, 0.6) is 5.75 Å². The first kappa shape index (κ1) is 14.7. The summed E-state index contributed by atoms with van der Waals surface area (Å²) in [6, 6.07) is 7.44. The first-order valence-corrected chi connectivity index (χ1v) is 6.49. The molecule has 0 atom stereocenters. The average Bonchev–Trinajstić information content (AvgIpc) is 2.33. The van der Waals surface area contributed by atoms with Gasteiger partial charge in [0.15, 0.2) is 5.78 Å². The Morgan fingerprint density at radius 1 is 1.17 bits per heavy atom. The Morgan fingerprint density at radius 2 is 1.78 bits per heavy atom. The molecule has 0 aliphatic carbocycles. The van der Waals surface area contributed by atoms with Crippen LogP contribution in [0.1, 0.15) is 30.1 Å². The minimum absolute atomic E-state index is 0.199. The molecule has 100 valence electrons. The summed E-state index contributed by atoms with van der Waals surface area (Å²) in [6.07, 6.45) is 1.57. The maximum atomic E-state index is 12.0. The van der Waals surface area contributed by atoms with Crippen LogP contribution < -0.4 is 4.74 Å². The second-order valence-corrected chi connectivity index (χ2v) is 5.56. The van der Waals surface area contributed by atoms with Crippen LogP contribution in [-0.4, -0.2) is 44.6 Å². The van der Waals surface area contributed by atoms with E-state index in [0.717, 1.165) is 35.4 Å². The number of benzene rings is 1. The molecule has 0 unspecified atom stereocenters. The molecule has 0 saturated carbocycles. The zero-order valence-corrected chi connectivity index (χ0v) is 11.9. The summed E-state index contributed by atoms with van der Waals surface area (Å²) in [4.78, 5) is 12.0. The van der Waals surface area contributed by atoms with Gasteiger partial charge < -0.3 is 9.22 Å². The van der Waals surface area contributed by atoms with Crippen molar-refractivity contribution in [1.29, 1.82) is 0 Å². The molecule has 0 radical (unpaired) electrons. The van der Waals surface area contributed by atoms with E-state index in [1.54, 1.807) is 0 Å². The lowest BCUT2D eigenvalue weighted by Crippen LogP contribution is -2.36. The maximum Gasteiger partial charge on any atom is 0.168 e. The van der Waals surface area contributed by atoms with Gasteiger partial charge in [0.25, 0.3) is 0 Å². The van der Waals surface area contributed by atoms with Crippen molar-refractivity contribution in [2.45, 2.75) is 19.8 Å². The Labute approximate surface area is 110 Å². The molecule has 1 rings (SSSR count). The topological polar surface area (TPSA) is 26.3 Å². The quantitative estimate of drug-likeness (QED) is 0.549. The molecule has 0 N–H and O–H groups in total. The van der Waals surface area contributed by atoms with Crippen LogP contribution >= 0.6 is 0 Å². The fourth-order valence-electron chi connectivity index (χ4n) is 1.54. The van der Waals surface area contributed by atoms with E-state index in [1.165, 1.54) is 0 Å². The van der Waals surface area contributed by atoms with Gasteiger partial charge in [-0.1, -0.05) is 6.92 Å². The molecular formula is C15H24NO2+. The lowest BCUT2D eigenvalue weighted by molar-refractivity contribution is -0.869. The van der Waals surface area contributed by atoms with E-state index in [0.29, 0.717) is 6.42 Å². The van der Waals surface area contributed by atoms with Gasteiger partial charge in [0.05, 0.1) is 40.7 Å². The lowest BCUT2D eigenvalue weighted by atomic mass is 10.1.